The van der Waals surface area contributed by atoms with E-state index in [1.165, 1.54) is 33.6 Å². The molecule has 0 amide bonds. The van der Waals surface area contributed by atoms with E-state index in [9.17, 15) is 0 Å². The topological polar surface area (TPSA) is 6.48 Å². The maximum absolute atomic E-state index is 2.47. The lowest BCUT2D eigenvalue weighted by Gasteiger charge is -2.29. The summed E-state index contributed by atoms with van der Waals surface area (Å²) in [5.41, 5.74) is 7.69. The number of benzene rings is 5. The van der Waals surface area contributed by atoms with Gasteiger partial charge in [0.2, 0.25) is 0 Å². The van der Waals surface area contributed by atoms with Crippen molar-refractivity contribution in [2.45, 2.75) is 26.2 Å². The summed E-state index contributed by atoms with van der Waals surface area (Å²) < 4.78 is 0. The van der Waals surface area contributed by atoms with Crippen LogP contribution in [0.1, 0.15) is 22.3 Å². The molecule has 0 aliphatic carbocycles. The van der Waals surface area contributed by atoms with Gasteiger partial charge in [0.15, 0.2) is 0 Å². The smallest absolute Gasteiger partial charge is 0.0433 e. The number of rotatable bonds is 10. The first-order chi connectivity index (χ1) is 17.8. The second kappa shape index (κ2) is 11.9. The first kappa shape index (κ1) is 23.4. The Labute approximate surface area is 215 Å². The fraction of sp³-hybridized carbons (Fsp3) is 0.118. The Balaban J connectivity index is 1.47. The summed E-state index contributed by atoms with van der Waals surface area (Å²) in [6.45, 7) is 3.43. The van der Waals surface area contributed by atoms with E-state index in [1.54, 1.807) is 0 Å². The molecular weight excluding hydrogens is 436 g/mol. The lowest BCUT2D eigenvalue weighted by atomic mass is 10.1. The van der Waals surface area contributed by atoms with E-state index in [2.05, 4.69) is 155 Å². The molecule has 0 radical (unpaired) electrons. The zero-order chi connectivity index (χ0) is 24.4. The average Bonchev–Trinajstić information content (AvgIpc) is 2.95. The molecular formula is C34H32N2. The molecule has 36 heavy (non-hydrogen) atoms. The summed E-state index contributed by atoms with van der Waals surface area (Å²) in [6.07, 6.45) is 0. The number of anilines is 2. The zero-order valence-corrected chi connectivity index (χ0v) is 20.6. The van der Waals surface area contributed by atoms with Gasteiger partial charge in [-0.3, -0.25) is 0 Å². The van der Waals surface area contributed by atoms with Crippen LogP contribution in [0.2, 0.25) is 0 Å². The second-order valence-electron chi connectivity index (χ2n) is 9.17. The van der Waals surface area contributed by atoms with Crippen molar-refractivity contribution >= 4 is 11.4 Å². The molecule has 2 nitrogen and oxygen atoms in total. The highest BCUT2D eigenvalue weighted by molar-refractivity contribution is 5.60. The van der Waals surface area contributed by atoms with Crippen LogP contribution in [-0.2, 0) is 26.2 Å². The molecule has 0 spiro atoms. The maximum atomic E-state index is 2.47. The first-order valence-corrected chi connectivity index (χ1v) is 12.6. The van der Waals surface area contributed by atoms with Crippen molar-refractivity contribution in [1.29, 1.82) is 0 Å². The highest BCUT2D eigenvalue weighted by atomic mass is 15.1. The van der Waals surface area contributed by atoms with Crippen LogP contribution >= 0.6 is 0 Å². The van der Waals surface area contributed by atoms with Crippen LogP contribution < -0.4 is 9.80 Å². The number of hydrogen-bond acceptors (Lipinski definition) is 2. The van der Waals surface area contributed by atoms with Gasteiger partial charge in [-0.1, -0.05) is 127 Å². The fourth-order valence-corrected chi connectivity index (χ4v) is 4.58. The molecule has 0 atom stereocenters. The lowest BCUT2D eigenvalue weighted by molar-refractivity contribution is 0.787. The fourth-order valence-electron chi connectivity index (χ4n) is 4.58. The zero-order valence-electron chi connectivity index (χ0n) is 20.6. The summed E-state index contributed by atoms with van der Waals surface area (Å²) in [4.78, 5) is 4.94. The Morgan fingerprint density at radius 2 is 0.583 bits per heavy atom. The van der Waals surface area contributed by atoms with Crippen molar-refractivity contribution in [3.05, 3.63) is 168 Å². The summed E-state index contributed by atoms with van der Waals surface area (Å²) in [5.74, 6) is 0. The molecule has 178 valence electrons. The number of hydrogen-bond donors (Lipinski definition) is 0. The third kappa shape index (κ3) is 6.43. The van der Waals surface area contributed by atoms with Gasteiger partial charge in [0.05, 0.1) is 0 Å². The molecule has 0 saturated carbocycles. The van der Waals surface area contributed by atoms with Crippen molar-refractivity contribution in [2.75, 3.05) is 9.80 Å². The van der Waals surface area contributed by atoms with Gasteiger partial charge in [-0.15, -0.1) is 0 Å². The molecule has 0 N–H and O–H groups in total. The largest absolute Gasteiger partial charge is 0.363 e. The van der Waals surface area contributed by atoms with Gasteiger partial charge in [0, 0.05) is 37.6 Å². The van der Waals surface area contributed by atoms with Crippen LogP contribution in [0.5, 0.6) is 0 Å². The van der Waals surface area contributed by atoms with E-state index in [1.807, 2.05) is 0 Å². The van der Waals surface area contributed by atoms with Gasteiger partial charge >= 0.3 is 0 Å². The molecule has 0 bridgehead atoms. The van der Waals surface area contributed by atoms with Crippen molar-refractivity contribution in [3.63, 3.8) is 0 Å². The van der Waals surface area contributed by atoms with E-state index in [-0.39, 0.29) is 0 Å². The molecule has 0 fully saturated rings. The monoisotopic (exact) mass is 468 g/mol. The van der Waals surface area contributed by atoms with Gasteiger partial charge < -0.3 is 9.80 Å². The van der Waals surface area contributed by atoms with Crippen LogP contribution in [0.3, 0.4) is 0 Å². The van der Waals surface area contributed by atoms with E-state index in [0.717, 1.165) is 26.2 Å². The van der Waals surface area contributed by atoms with Crippen LogP contribution in [0, 0.1) is 0 Å². The molecule has 2 heteroatoms. The van der Waals surface area contributed by atoms with Crippen LogP contribution in [0.25, 0.3) is 0 Å². The molecule has 0 unspecified atom stereocenters. The predicted octanol–water partition coefficient (Wildman–Crippen LogP) is 8.10. The standard InChI is InChI=1S/C34H32N2/c1-5-14-29(15-6-1)25-35(26-30-16-7-2-8-17-30)33-22-13-23-34(24-33)36(27-31-18-9-3-10-19-31)28-32-20-11-4-12-21-32/h1-24H,25-28H2. The van der Waals surface area contributed by atoms with Gasteiger partial charge in [0.25, 0.3) is 0 Å². The highest BCUT2D eigenvalue weighted by Crippen LogP contribution is 2.28. The maximum Gasteiger partial charge on any atom is 0.0433 e. The summed E-state index contributed by atoms with van der Waals surface area (Å²) in [6, 6.07) is 51.9. The molecule has 5 aromatic carbocycles. The normalized spacial score (nSPS) is 10.7. The molecule has 0 aliphatic rings. The Morgan fingerprint density at radius 1 is 0.306 bits per heavy atom. The van der Waals surface area contributed by atoms with Gasteiger partial charge in [-0.05, 0) is 40.5 Å². The van der Waals surface area contributed by atoms with Crippen molar-refractivity contribution in [3.8, 4) is 0 Å². The molecule has 0 saturated heterocycles. The molecule has 0 aliphatic heterocycles. The van der Waals surface area contributed by atoms with Crippen LogP contribution in [0.4, 0.5) is 11.4 Å². The quantitative estimate of drug-likeness (QED) is 0.204. The second-order valence-corrected chi connectivity index (χ2v) is 9.17. The Hall–Kier alpha value is -4.30. The SMILES string of the molecule is c1ccc(CN(Cc2ccccc2)c2cccc(N(Cc3ccccc3)Cc3ccccc3)c2)cc1. The van der Waals surface area contributed by atoms with Crippen molar-refractivity contribution in [2.24, 2.45) is 0 Å². The Morgan fingerprint density at radius 3 is 0.861 bits per heavy atom. The molecule has 0 heterocycles. The first-order valence-electron chi connectivity index (χ1n) is 12.6. The van der Waals surface area contributed by atoms with Crippen molar-refractivity contribution in [1.82, 2.24) is 0 Å². The van der Waals surface area contributed by atoms with Crippen LogP contribution in [0.15, 0.2) is 146 Å². The molecule has 5 aromatic rings. The predicted molar refractivity (Wildman–Crippen MR) is 152 cm³/mol. The Kier molecular flexibility index (Phi) is 7.75. The number of nitrogens with zero attached hydrogens (tertiary/aromatic N) is 2. The van der Waals surface area contributed by atoms with E-state index in [0.29, 0.717) is 0 Å². The summed E-state index contributed by atoms with van der Waals surface area (Å²) in [5, 5.41) is 0. The van der Waals surface area contributed by atoms with E-state index < -0.39 is 0 Å². The minimum atomic E-state index is 0.858. The average molecular weight is 469 g/mol. The van der Waals surface area contributed by atoms with Gasteiger partial charge in [-0.2, -0.15) is 0 Å². The van der Waals surface area contributed by atoms with Gasteiger partial charge in [0.1, 0.15) is 0 Å². The van der Waals surface area contributed by atoms with E-state index >= 15 is 0 Å². The third-order valence-corrected chi connectivity index (χ3v) is 6.43. The summed E-state index contributed by atoms with van der Waals surface area (Å²) >= 11 is 0. The minimum Gasteiger partial charge on any atom is -0.363 e. The lowest BCUT2D eigenvalue weighted by Crippen LogP contribution is -2.24. The third-order valence-electron chi connectivity index (χ3n) is 6.43. The molecule has 5 rings (SSSR count). The van der Waals surface area contributed by atoms with E-state index in [4.69, 9.17) is 0 Å². The summed E-state index contributed by atoms with van der Waals surface area (Å²) in [7, 11) is 0. The Bertz CT molecular complexity index is 1130. The molecule has 0 aromatic heterocycles. The van der Waals surface area contributed by atoms with Crippen LogP contribution in [-0.4, -0.2) is 0 Å². The highest BCUT2D eigenvalue weighted by Gasteiger charge is 2.13. The van der Waals surface area contributed by atoms with Crippen molar-refractivity contribution < 1.29 is 0 Å². The minimum absolute atomic E-state index is 0.858. The van der Waals surface area contributed by atoms with Gasteiger partial charge in [-0.25, -0.2) is 0 Å².